The van der Waals surface area contributed by atoms with Gasteiger partial charge in [0.15, 0.2) is 6.04 Å². The van der Waals surface area contributed by atoms with Crippen LogP contribution in [0.25, 0.3) is 0 Å². The molecule has 2 rings (SSSR count). The second kappa shape index (κ2) is 5.32. The molecule has 3 atom stereocenters. The average molecular weight is 364 g/mol. The van der Waals surface area contributed by atoms with E-state index in [-0.39, 0.29) is 4.90 Å². The molecule has 128 valence electrons. The minimum Gasteiger partial charge on any atom is -0.479 e. The summed E-state index contributed by atoms with van der Waals surface area (Å²) in [5.41, 5.74) is -1.51. The summed E-state index contributed by atoms with van der Waals surface area (Å²) in [4.78, 5) is 33.8. The van der Waals surface area contributed by atoms with Gasteiger partial charge < -0.3 is 15.3 Å². The molecule has 1 fully saturated rings. The van der Waals surface area contributed by atoms with Crippen LogP contribution in [0.3, 0.4) is 0 Å². The van der Waals surface area contributed by atoms with Crippen LogP contribution < -0.4 is 5.32 Å². The van der Waals surface area contributed by atoms with E-state index in [1.165, 1.54) is 5.32 Å². The number of hydrogen-bond donors (Lipinski definition) is 2. The van der Waals surface area contributed by atoms with Gasteiger partial charge in [-0.2, -0.15) is 26.3 Å². The lowest BCUT2D eigenvalue weighted by atomic mass is 9.97. The molecule has 0 saturated carbocycles. The smallest absolute Gasteiger partial charge is 0.471 e. The normalized spacial score (nSPS) is 27.7. The summed E-state index contributed by atoms with van der Waals surface area (Å²) < 4.78 is 74.7. The molecule has 0 aromatic rings. The van der Waals surface area contributed by atoms with Gasteiger partial charge in [-0.15, -0.1) is 11.8 Å². The first kappa shape index (κ1) is 17.4. The maximum Gasteiger partial charge on any atom is 0.471 e. The van der Waals surface area contributed by atoms with Crippen molar-refractivity contribution in [2.45, 2.75) is 29.8 Å². The summed E-state index contributed by atoms with van der Waals surface area (Å²) in [7, 11) is 0. The van der Waals surface area contributed by atoms with Crippen LogP contribution in [0.15, 0.2) is 11.0 Å². The first-order valence-electron chi connectivity index (χ1n) is 5.71. The molecule has 0 radical (unpaired) electrons. The Balaban J connectivity index is 2.25. The van der Waals surface area contributed by atoms with E-state index in [9.17, 15) is 40.7 Å². The first-order chi connectivity index (χ1) is 10.4. The van der Waals surface area contributed by atoms with Crippen molar-refractivity contribution in [3.05, 3.63) is 11.0 Å². The summed E-state index contributed by atoms with van der Waals surface area (Å²) in [5, 5.41) is 9.31. The zero-order valence-electron chi connectivity index (χ0n) is 10.6. The number of fused-ring (bicyclic) bond motifs is 1. The lowest BCUT2D eigenvalue weighted by Crippen LogP contribution is -2.75. The number of thioether (sulfide) groups is 1. The topological polar surface area (TPSA) is 86.7 Å². The van der Waals surface area contributed by atoms with Gasteiger partial charge in [0.05, 0.1) is 5.57 Å². The highest BCUT2D eigenvalue weighted by Gasteiger charge is 2.60. The molecule has 2 aliphatic heterocycles. The molecule has 0 aromatic heterocycles. The Hall–Kier alpha value is -1.92. The average Bonchev–Trinajstić information content (AvgIpc) is 2.40. The SMILES string of the molecule is O=C(O)C1C(C(F)(F)F)=CSC2[C@@H](NC(=O)C(F)(F)F)C(=O)N12. The number of hydrogen-bond acceptors (Lipinski definition) is 4. The van der Waals surface area contributed by atoms with Crippen molar-refractivity contribution >= 4 is 29.5 Å². The van der Waals surface area contributed by atoms with Crippen molar-refractivity contribution in [3.8, 4) is 0 Å². The fourth-order valence-corrected chi connectivity index (χ4v) is 3.34. The highest BCUT2D eigenvalue weighted by atomic mass is 32.2. The van der Waals surface area contributed by atoms with Crippen LogP contribution in [0.4, 0.5) is 26.3 Å². The van der Waals surface area contributed by atoms with E-state index in [1.54, 1.807) is 0 Å². The van der Waals surface area contributed by atoms with Crippen molar-refractivity contribution in [3.63, 3.8) is 0 Å². The maximum atomic E-state index is 12.8. The van der Waals surface area contributed by atoms with Crippen LogP contribution in [0, 0.1) is 0 Å². The van der Waals surface area contributed by atoms with E-state index in [1.807, 2.05) is 0 Å². The quantitative estimate of drug-likeness (QED) is 0.560. The number of nitrogens with zero attached hydrogens (tertiary/aromatic N) is 1. The molecule has 13 heteroatoms. The van der Waals surface area contributed by atoms with Crippen LogP contribution in [0.5, 0.6) is 0 Å². The summed E-state index contributed by atoms with van der Waals surface area (Å²) in [6.07, 6.45) is -10.3. The molecule has 23 heavy (non-hydrogen) atoms. The van der Waals surface area contributed by atoms with Gasteiger partial charge in [0.1, 0.15) is 11.4 Å². The molecular weight excluding hydrogens is 358 g/mol. The Kier molecular flexibility index (Phi) is 4.03. The van der Waals surface area contributed by atoms with Crippen LogP contribution in [0.2, 0.25) is 0 Å². The number of nitrogens with one attached hydrogen (secondary N) is 1. The number of carbonyl (C=O) groups excluding carboxylic acids is 2. The Bertz CT molecular complexity index is 601. The number of β-lactam (4-membered cyclic amide) rings is 1. The molecule has 6 nitrogen and oxygen atoms in total. The highest BCUT2D eigenvalue weighted by Crippen LogP contribution is 2.45. The van der Waals surface area contributed by atoms with E-state index in [2.05, 4.69) is 0 Å². The highest BCUT2D eigenvalue weighted by molar-refractivity contribution is 8.03. The number of carboxylic acids is 1. The number of carboxylic acid groups (broad SMARTS) is 1. The summed E-state index contributed by atoms with van der Waals surface area (Å²) in [6.45, 7) is 0. The lowest BCUT2D eigenvalue weighted by Gasteiger charge is -2.51. The number of alkyl halides is 6. The number of carbonyl (C=O) groups is 3. The van der Waals surface area contributed by atoms with Gasteiger partial charge in [0.2, 0.25) is 5.91 Å². The Labute approximate surface area is 127 Å². The van der Waals surface area contributed by atoms with Crippen LogP contribution in [-0.2, 0) is 14.4 Å². The van der Waals surface area contributed by atoms with Gasteiger partial charge in [-0.05, 0) is 5.41 Å². The number of halogens is 6. The molecule has 2 N–H and O–H groups in total. The van der Waals surface area contributed by atoms with E-state index in [0.717, 1.165) is 0 Å². The summed E-state index contributed by atoms with van der Waals surface area (Å²) >= 11 is 0.311. The first-order valence-corrected chi connectivity index (χ1v) is 6.65. The molecule has 1 saturated heterocycles. The molecule has 0 aromatic carbocycles. The molecule has 2 heterocycles. The van der Waals surface area contributed by atoms with Crippen molar-refractivity contribution in [2.24, 2.45) is 0 Å². The Morgan fingerprint density at radius 3 is 2.22 bits per heavy atom. The molecule has 2 aliphatic rings. The third kappa shape index (κ3) is 2.96. The fraction of sp³-hybridized carbons (Fsp3) is 0.500. The summed E-state index contributed by atoms with van der Waals surface area (Å²) in [5.74, 6) is -5.75. The van der Waals surface area contributed by atoms with Crippen LogP contribution in [0.1, 0.15) is 0 Å². The lowest BCUT2D eigenvalue weighted by molar-refractivity contribution is -0.179. The van der Waals surface area contributed by atoms with E-state index < -0.39 is 53.2 Å². The van der Waals surface area contributed by atoms with Gasteiger partial charge in [0.25, 0.3) is 0 Å². The Morgan fingerprint density at radius 2 is 1.78 bits per heavy atom. The van der Waals surface area contributed by atoms with Gasteiger partial charge in [0, 0.05) is 0 Å². The van der Waals surface area contributed by atoms with Gasteiger partial charge in [-0.3, -0.25) is 9.59 Å². The second-order valence-electron chi connectivity index (χ2n) is 4.53. The standard InChI is InChI=1S/C10H6F6N2O4S/c11-9(12,13)2-1-23-6-3(17-8(22)10(14,15)16)5(19)18(6)4(2)7(20)21/h1,3-4,6H,(H,17,22)(H,20,21)/t3-,4?,6?/m0/s1. The number of aliphatic carboxylic acids is 1. The zero-order chi connectivity index (χ0) is 17.7. The number of amides is 2. The molecule has 0 bridgehead atoms. The molecule has 2 unspecified atom stereocenters. The largest absolute Gasteiger partial charge is 0.479 e. The minimum atomic E-state index is -5.28. The predicted octanol–water partition coefficient (Wildman–Crippen LogP) is 0.848. The van der Waals surface area contributed by atoms with Gasteiger partial charge >= 0.3 is 24.2 Å². The van der Waals surface area contributed by atoms with Crippen molar-refractivity contribution < 1.29 is 45.8 Å². The molecule has 2 amide bonds. The van der Waals surface area contributed by atoms with E-state index in [0.29, 0.717) is 17.2 Å². The van der Waals surface area contributed by atoms with Crippen molar-refractivity contribution in [1.82, 2.24) is 10.2 Å². The molecular formula is C10H6F6N2O4S. The van der Waals surface area contributed by atoms with E-state index in [4.69, 9.17) is 5.11 Å². The minimum absolute atomic E-state index is 0.289. The van der Waals surface area contributed by atoms with Crippen molar-refractivity contribution in [2.75, 3.05) is 0 Å². The third-order valence-corrected chi connectivity index (χ3v) is 4.26. The maximum absolute atomic E-state index is 12.8. The third-order valence-electron chi connectivity index (χ3n) is 3.09. The van der Waals surface area contributed by atoms with Gasteiger partial charge in [-0.1, -0.05) is 0 Å². The number of rotatable bonds is 2. The van der Waals surface area contributed by atoms with Gasteiger partial charge in [-0.25, -0.2) is 4.79 Å². The predicted molar refractivity (Wildman–Crippen MR) is 61.8 cm³/mol. The Morgan fingerprint density at radius 1 is 1.22 bits per heavy atom. The monoisotopic (exact) mass is 364 g/mol. The van der Waals surface area contributed by atoms with Crippen molar-refractivity contribution in [1.29, 1.82) is 0 Å². The zero-order valence-corrected chi connectivity index (χ0v) is 11.4. The molecule has 0 aliphatic carbocycles. The van der Waals surface area contributed by atoms with Crippen LogP contribution in [-0.4, -0.2) is 57.6 Å². The van der Waals surface area contributed by atoms with Crippen LogP contribution >= 0.6 is 11.8 Å². The fourth-order valence-electron chi connectivity index (χ4n) is 2.09. The molecule has 0 spiro atoms. The second-order valence-corrected chi connectivity index (χ2v) is 5.52. The van der Waals surface area contributed by atoms with E-state index >= 15 is 0 Å². The summed E-state index contributed by atoms with van der Waals surface area (Å²) in [6, 6.07) is -4.12.